The summed E-state index contributed by atoms with van der Waals surface area (Å²) >= 11 is 0. The molecule has 0 atom stereocenters. The van der Waals surface area contributed by atoms with E-state index in [1.54, 1.807) is 105 Å². The minimum Gasteiger partial charge on any atom is -0.468 e. The van der Waals surface area contributed by atoms with E-state index in [0.29, 0.717) is 97.1 Å². The average Bonchev–Trinajstić information content (AvgIpc) is 1.64. The molecule has 7 aromatic carbocycles. The van der Waals surface area contributed by atoms with Gasteiger partial charge >= 0.3 is 12.5 Å². The zero-order valence-electron chi connectivity index (χ0n) is 57.5. The van der Waals surface area contributed by atoms with E-state index in [-0.39, 0.29) is 49.8 Å². The van der Waals surface area contributed by atoms with Crippen LogP contribution in [0.4, 0.5) is 26.3 Å². The van der Waals surface area contributed by atoms with E-state index in [4.69, 9.17) is 45.9 Å². The maximum Gasteiger partial charge on any atom is 0.573 e. The van der Waals surface area contributed by atoms with Gasteiger partial charge in [-0.15, -0.1) is 33.6 Å². The van der Waals surface area contributed by atoms with Gasteiger partial charge in [-0.1, -0.05) is 90.0 Å². The molecule has 0 saturated heterocycles. The summed E-state index contributed by atoms with van der Waals surface area (Å²) in [5.41, 5.74) is 12.6. The molecule has 9 heterocycles. The first-order valence-electron chi connectivity index (χ1n) is 33.2. The molecule has 1 aliphatic carbocycles. The highest BCUT2D eigenvalue weighted by molar-refractivity contribution is 5.90. The number of halogens is 6. The van der Waals surface area contributed by atoms with Crippen molar-refractivity contribution in [2.24, 2.45) is 0 Å². The second-order valence-electron chi connectivity index (χ2n) is 24.4. The van der Waals surface area contributed by atoms with Crippen LogP contribution >= 0.6 is 0 Å². The predicted octanol–water partition coefficient (Wildman–Crippen LogP) is 18.0. The standard InChI is InChI=1S/C20H14F3N3O3.C20H17N3O3.C19H13F3N4O3.C18H15N3O3/c1-12-9-13(3-5-16(12)28-20(21,22)23)14-4-6-17-15(10-14)19(26-29-17)27-11-18-24-7-2-8-25-18;1-12-2-4-13(5-3-12)15-8-9-17-16(10-15)20(23-26-17)24-11-18-21-22-19(25-18)14-6-7-14;20-19(21,22)11-28-17-5-3-13(9-25-17)12-2-4-15-14(8-12)18(26-29-15)27-10-16-23-6-1-7-24-16;1-11-3-5-13(6-4-11)14-7-8-16-15(9-14)18(21-24-16)22-10-17-20-19-12(2)23-17/h2-10H,11H2,1H3;2-5,8-10,14H,6-7,11H2,1H3;1-9H,10-11H2;3-9H,10H2,1-2H3. The quantitative estimate of drug-likeness (QED) is 0.0640. The Morgan fingerprint density at radius 2 is 0.796 bits per heavy atom. The zero-order valence-corrected chi connectivity index (χ0v) is 57.5. The van der Waals surface area contributed by atoms with Crippen molar-refractivity contribution >= 4 is 43.9 Å². The number of ether oxygens (including phenoxy) is 6. The highest BCUT2D eigenvalue weighted by Gasteiger charge is 2.33. The third kappa shape index (κ3) is 18.3. The summed E-state index contributed by atoms with van der Waals surface area (Å²) < 4.78 is 138. The van der Waals surface area contributed by atoms with Gasteiger partial charge in [0.1, 0.15) is 19.0 Å². The van der Waals surface area contributed by atoms with Crippen LogP contribution < -0.4 is 28.4 Å². The van der Waals surface area contributed by atoms with Gasteiger partial charge in [-0.3, -0.25) is 0 Å². The van der Waals surface area contributed by atoms with Crippen molar-refractivity contribution in [2.75, 3.05) is 6.61 Å². The number of alkyl halides is 6. The highest BCUT2D eigenvalue weighted by Crippen LogP contribution is 2.40. The molecule has 25 nitrogen and oxygen atoms in total. The third-order valence-electron chi connectivity index (χ3n) is 16.3. The molecule has 546 valence electrons. The van der Waals surface area contributed by atoms with Crippen LogP contribution in [0, 0.1) is 27.7 Å². The average molecular weight is 1470 g/mol. The van der Waals surface area contributed by atoms with Crippen molar-refractivity contribution in [3.8, 4) is 79.7 Å². The first-order valence-corrected chi connectivity index (χ1v) is 33.2. The van der Waals surface area contributed by atoms with E-state index in [0.717, 1.165) is 62.6 Å². The van der Waals surface area contributed by atoms with Crippen molar-refractivity contribution in [2.45, 2.75) is 85.4 Å². The van der Waals surface area contributed by atoms with Crippen LogP contribution in [0.15, 0.2) is 222 Å². The molecular formula is C77H59F6N13O12. The summed E-state index contributed by atoms with van der Waals surface area (Å²) in [6.07, 6.45) is 0.969. The molecule has 17 rings (SSSR count). The van der Waals surface area contributed by atoms with Crippen LogP contribution in [0.3, 0.4) is 0 Å². The number of rotatable bonds is 20. The normalized spacial score (nSPS) is 12.1. The molecule has 31 heteroatoms. The van der Waals surface area contributed by atoms with Crippen molar-refractivity contribution in [1.82, 2.24) is 65.9 Å². The molecule has 16 aromatic rings. The molecule has 1 saturated carbocycles. The largest absolute Gasteiger partial charge is 0.573 e. The lowest BCUT2D eigenvalue weighted by Gasteiger charge is -2.12. The number of fused-ring (bicyclic) bond motifs is 4. The number of nitrogens with zero attached hydrogens (tertiary/aromatic N) is 13. The summed E-state index contributed by atoms with van der Waals surface area (Å²) in [6, 6.07) is 50.1. The molecule has 0 unspecified atom stereocenters. The Balaban J connectivity index is 0.000000121. The monoisotopic (exact) mass is 1470 g/mol. The van der Waals surface area contributed by atoms with Gasteiger partial charge in [-0.25, -0.2) is 24.9 Å². The summed E-state index contributed by atoms with van der Waals surface area (Å²) in [6.45, 7) is 6.61. The van der Waals surface area contributed by atoms with Crippen molar-refractivity contribution < 1.29 is 81.7 Å². The Morgan fingerprint density at radius 3 is 1.20 bits per heavy atom. The fourth-order valence-corrected chi connectivity index (χ4v) is 10.7. The second-order valence-corrected chi connectivity index (χ2v) is 24.4. The summed E-state index contributed by atoms with van der Waals surface area (Å²) in [4.78, 5) is 20.2. The smallest absolute Gasteiger partial charge is 0.468 e. The van der Waals surface area contributed by atoms with E-state index in [9.17, 15) is 26.3 Å². The number of hydrogen-bond acceptors (Lipinski definition) is 25. The lowest BCUT2D eigenvalue weighted by Crippen LogP contribution is -2.19. The molecule has 0 radical (unpaired) electrons. The highest BCUT2D eigenvalue weighted by atomic mass is 19.4. The minimum atomic E-state index is -4.73. The maximum absolute atomic E-state index is 12.5. The Bertz CT molecular complexity index is 5700. The lowest BCUT2D eigenvalue weighted by molar-refractivity contribution is -0.274. The molecule has 0 N–H and O–H groups in total. The molecule has 0 amide bonds. The molecule has 0 bridgehead atoms. The van der Waals surface area contributed by atoms with Gasteiger partial charge in [0, 0.05) is 55.5 Å². The molecule has 0 spiro atoms. The number of aromatic nitrogens is 13. The van der Waals surface area contributed by atoms with Gasteiger partial charge in [-0.05, 0) is 178 Å². The predicted molar refractivity (Wildman–Crippen MR) is 375 cm³/mol. The van der Waals surface area contributed by atoms with Gasteiger partial charge in [0.25, 0.3) is 35.3 Å². The second kappa shape index (κ2) is 31.8. The van der Waals surface area contributed by atoms with Crippen LogP contribution in [0.25, 0.3) is 88.4 Å². The van der Waals surface area contributed by atoms with Crippen LogP contribution in [-0.2, 0) is 26.4 Å². The van der Waals surface area contributed by atoms with E-state index in [1.807, 2.05) is 36.4 Å². The fraction of sp³-hybridized carbons (Fsp3) is 0.182. The SMILES string of the molecule is Cc1cc(-c2ccc3onc(OCc4ncccn4)c3c2)ccc1OC(F)(F)F.Cc1ccc(-c2ccc3onc(OCc4nnc(C)o4)c3c2)cc1.Cc1ccc(-c2ccc3onc(OCc4nnc(C5CC5)o4)c3c2)cc1.FC(F)(F)COc1ccc(-c2ccc3onc(OCc4ncccn4)c3c2)cn1. The maximum atomic E-state index is 12.5. The first kappa shape index (κ1) is 71.4. The number of benzene rings is 7. The van der Waals surface area contributed by atoms with Crippen molar-refractivity contribution in [3.63, 3.8) is 0 Å². The Labute approximate surface area is 607 Å². The number of aryl methyl sites for hydroxylation is 4. The van der Waals surface area contributed by atoms with Gasteiger partial charge < -0.3 is 55.3 Å². The summed E-state index contributed by atoms with van der Waals surface area (Å²) in [7, 11) is 0. The van der Waals surface area contributed by atoms with E-state index < -0.39 is 19.1 Å². The van der Waals surface area contributed by atoms with E-state index in [2.05, 4.69) is 138 Å². The molecule has 9 aromatic heterocycles. The fourth-order valence-electron chi connectivity index (χ4n) is 10.7. The van der Waals surface area contributed by atoms with Crippen LogP contribution in [0.5, 0.6) is 35.1 Å². The van der Waals surface area contributed by atoms with Crippen molar-refractivity contribution in [1.29, 1.82) is 0 Å². The van der Waals surface area contributed by atoms with Gasteiger partial charge in [0.15, 0.2) is 53.8 Å². The molecule has 108 heavy (non-hydrogen) atoms. The van der Waals surface area contributed by atoms with Gasteiger partial charge in [-0.2, -0.15) is 13.2 Å². The Morgan fingerprint density at radius 1 is 0.398 bits per heavy atom. The third-order valence-corrected chi connectivity index (χ3v) is 16.3. The van der Waals surface area contributed by atoms with Crippen molar-refractivity contribution in [3.05, 3.63) is 247 Å². The van der Waals surface area contributed by atoms with E-state index >= 15 is 0 Å². The van der Waals surface area contributed by atoms with Crippen LogP contribution in [0.2, 0.25) is 0 Å². The van der Waals surface area contributed by atoms with Gasteiger partial charge in [0.05, 0.1) is 21.5 Å². The molecule has 1 aliphatic rings. The van der Waals surface area contributed by atoms with Gasteiger partial charge in [0.2, 0.25) is 17.7 Å². The Kier molecular flexibility index (Phi) is 21.0. The number of hydrogen-bond donors (Lipinski definition) is 0. The summed E-state index contributed by atoms with van der Waals surface area (Å²) in [5, 5.41) is 34.5. The zero-order chi connectivity index (χ0) is 74.7. The van der Waals surface area contributed by atoms with Crippen LogP contribution in [0.1, 0.15) is 70.7 Å². The Hall–Kier alpha value is -13.6. The minimum absolute atomic E-state index is 0.107. The number of pyridine rings is 1. The van der Waals surface area contributed by atoms with Crippen LogP contribution in [-0.4, -0.2) is 85.1 Å². The summed E-state index contributed by atoms with van der Waals surface area (Å²) in [5.74, 6) is 4.55. The molecular weight excluding hydrogens is 1410 g/mol. The van der Waals surface area contributed by atoms with E-state index in [1.165, 1.54) is 29.5 Å². The lowest BCUT2D eigenvalue weighted by atomic mass is 10.0. The molecule has 0 aliphatic heterocycles. The first-order chi connectivity index (χ1) is 52.3. The topological polar surface area (TPSA) is 302 Å². The molecule has 1 fully saturated rings.